The van der Waals surface area contributed by atoms with Crippen LogP contribution in [0.4, 0.5) is 0 Å². The Hall–Kier alpha value is -2.03. The van der Waals surface area contributed by atoms with Gasteiger partial charge in [-0.1, -0.05) is 31.4 Å². The molecule has 0 saturated carbocycles. The van der Waals surface area contributed by atoms with Gasteiger partial charge in [-0.05, 0) is 19.3 Å². The van der Waals surface area contributed by atoms with Crippen LogP contribution in [0, 0.1) is 5.92 Å². The molecule has 1 fully saturated rings. The van der Waals surface area contributed by atoms with Gasteiger partial charge in [0.1, 0.15) is 0 Å². The number of likely N-dealkylation sites (tertiary alicyclic amines) is 1. The van der Waals surface area contributed by atoms with Crippen LogP contribution < -0.4 is 0 Å². The van der Waals surface area contributed by atoms with Crippen molar-refractivity contribution in [2.45, 2.75) is 51.5 Å². The first-order valence-electron chi connectivity index (χ1n) is 8.12. The lowest BCUT2D eigenvalue weighted by Gasteiger charge is -2.28. The molecule has 2 rings (SSSR count). The van der Waals surface area contributed by atoms with E-state index >= 15 is 0 Å². The average Bonchev–Trinajstić information content (AvgIpc) is 3.23. The van der Waals surface area contributed by atoms with Crippen LogP contribution in [0.5, 0.6) is 0 Å². The number of H-pyrrole nitrogens is 1. The molecule has 0 aromatic carbocycles. The number of carbonyl (C=O) groups excluding carboxylic acids is 2. The second-order valence-electron chi connectivity index (χ2n) is 5.88. The molecule has 2 N–H and O–H groups in total. The number of rotatable bonds is 9. The molecular weight excluding hydrogens is 300 g/mol. The monoisotopic (exact) mass is 324 g/mol. The first-order chi connectivity index (χ1) is 11.2. The molecule has 2 amide bonds. The number of aromatic nitrogens is 4. The predicted octanol–water partition coefficient (Wildman–Crippen LogP) is 0.907. The quantitative estimate of drug-likeness (QED) is 0.302. The zero-order valence-corrected chi connectivity index (χ0v) is 13.4. The summed E-state index contributed by atoms with van der Waals surface area (Å²) in [6, 6.07) is -0.182. The minimum Gasteiger partial charge on any atom is -0.332 e. The molecule has 1 aromatic rings. The van der Waals surface area contributed by atoms with Gasteiger partial charge in [-0.3, -0.25) is 14.8 Å². The highest BCUT2D eigenvalue weighted by Gasteiger charge is 2.36. The molecule has 0 radical (unpaired) electrons. The van der Waals surface area contributed by atoms with Crippen LogP contribution in [0.2, 0.25) is 0 Å². The van der Waals surface area contributed by atoms with Crippen LogP contribution in [0.1, 0.15) is 57.3 Å². The predicted molar refractivity (Wildman–Crippen MR) is 80.1 cm³/mol. The highest BCUT2D eigenvalue weighted by Crippen LogP contribution is 2.31. The van der Waals surface area contributed by atoms with Crippen molar-refractivity contribution in [2.75, 3.05) is 13.1 Å². The third-order valence-corrected chi connectivity index (χ3v) is 4.23. The molecule has 0 unspecified atom stereocenters. The van der Waals surface area contributed by atoms with Gasteiger partial charge >= 0.3 is 0 Å². The number of amides is 2. The van der Waals surface area contributed by atoms with Gasteiger partial charge in [-0.25, -0.2) is 5.06 Å². The average molecular weight is 324 g/mol. The second kappa shape index (κ2) is 8.56. The summed E-state index contributed by atoms with van der Waals surface area (Å²) in [7, 11) is 0. The summed E-state index contributed by atoms with van der Waals surface area (Å²) in [5, 5.41) is 24.0. The van der Waals surface area contributed by atoms with Crippen molar-refractivity contribution in [2.24, 2.45) is 5.92 Å². The Labute approximate surface area is 135 Å². The van der Waals surface area contributed by atoms with Crippen molar-refractivity contribution in [3.63, 3.8) is 0 Å². The van der Waals surface area contributed by atoms with Gasteiger partial charge in [-0.2, -0.15) is 5.21 Å². The maximum atomic E-state index is 12.9. The number of hydroxylamine groups is 2. The minimum atomic E-state index is -0.413. The maximum Gasteiger partial charge on any atom is 0.233 e. The fraction of sp³-hybridized carbons (Fsp3) is 0.786. The van der Waals surface area contributed by atoms with E-state index in [1.165, 1.54) is 0 Å². The van der Waals surface area contributed by atoms with Crippen LogP contribution in [0.15, 0.2) is 0 Å². The second-order valence-corrected chi connectivity index (χ2v) is 5.88. The number of carbonyl (C=O) groups is 2. The molecule has 9 heteroatoms. The van der Waals surface area contributed by atoms with Gasteiger partial charge in [0.2, 0.25) is 12.3 Å². The van der Waals surface area contributed by atoms with Gasteiger partial charge in [0.15, 0.2) is 5.82 Å². The number of unbranched alkanes of at least 4 members (excludes halogenated alkanes) is 2. The first-order valence-corrected chi connectivity index (χ1v) is 8.12. The summed E-state index contributed by atoms with van der Waals surface area (Å²) in [6.07, 6.45) is 5.61. The molecule has 0 aliphatic carbocycles. The Morgan fingerprint density at radius 3 is 3.04 bits per heavy atom. The fourth-order valence-corrected chi connectivity index (χ4v) is 3.05. The van der Waals surface area contributed by atoms with Gasteiger partial charge in [-0.15, -0.1) is 10.2 Å². The maximum absolute atomic E-state index is 12.9. The number of nitrogens with one attached hydrogen (secondary N) is 1. The van der Waals surface area contributed by atoms with E-state index in [0.717, 1.165) is 32.1 Å². The Balaban J connectivity index is 2.06. The largest absolute Gasteiger partial charge is 0.332 e. The molecular formula is C14H24N6O3. The van der Waals surface area contributed by atoms with E-state index in [4.69, 9.17) is 0 Å². The van der Waals surface area contributed by atoms with E-state index in [1.807, 2.05) is 0 Å². The summed E-state index contributed by atoms with van der Waals surface area (Å²) >= 11 is 0. The van der Waals surface area contributed by atoms with Gasteiger partial charge in [0, 0.05) is 6.54 Å². The molecule has 0 bridgehead atoms. The Kier molecular flexibility index (Phi) is 6.45. The molecule has 1 aliphatic rings. The van der Waals surface area contributed by atoms with E-state index in [0.29, 0.717) is 30.3 Å². The third-order valence-electron chi connectivity index (χ3n) is 4.23. The van der Waals surface area contributed by atoms with Gasteiger partial charge in [0.25, 0.3) is 0 Å². The van der Waals surface area contributed by atoms with Crippen LogP contribution in [0.25, 0.3) is 0 Å². The molecule has 2 atom stereocenters. The summed E-state index contributed by atoms with van der Waals surface area (Å²) in [6.45, 7) is 2.74. The van der Waals surface area contributed by atoms with Crippen molar-refractivity contribution in [1.29, 1.82) is 0 Å². The van der Waals surface area contributed by atoms with Gasteiger partial charge in [0.05, 0.1) is 18.5 Å². The lowest BCUT2D eigenvalue weighted by Crippen LogP contribution is -2.40. The van der Waals surface area contributed by atoms with Crippen LogP contribution >= 0.6 is 0 Å². The van der Waals surface area contributed by atoms with E-state index < -0.39 is 5.92 Å². The molecule has 9 nitrogen and oxygen atoms in total. The third kappa shape index (κ3) is 4.47. The zero-order valence-electron chi connectivity index (χ0n) is 13.4. The molecule has 1 saturated heterocycles. The Morgan fingerprint density at radius 1 is 1.57 bits per heavy atom. The van der Waals surface area contributed by atoms with Crippen molar-refractivity contribution >= 4 is 12.3 Å². The highest BCUT2D eigenvalue weighted by molar-refractivity contribution is 5.80. The van der Waals surface area contributed by atoms with E-state index in [9.17, 15) is 14.8 Å². The van der Waals surface area contributed by atoms with Crippen molar-refractivity contribution in [3.8, 4) is 0 Å². The molecule has 23 heavy (non-hydrogen) atoms. The number of nitrogens with zero attached hydrogens (tertiary/aromatic N) is 5. The van der Waals surface area contributed by atoms with Crippen LogP contribution in [-0.2, 0) is 9.59 Å². The number of aromatic amines is 1. The molecule has 128 valence electrons. The first kappa shape index (κ1) is 17.3. The fourth-order valence-electron chi connectivity index (χ4n) is 3.05. The number of hydrogen-bond acceptors (Lipinski definition) is 6. The summed E-state index contributed by atoms with van der Waals surface area (Å²) in [4.78, 5) is 25.3. The smallest absolute Gasteiger partial charge is 0.233 e. The molecule has 0 spiro atoms. The SMILES string of the molecule is CCCCC[C@H](CN(O)C=O)C(=O)N1CCC[C@H]1c1nn[nH]n1. The lowest BCUT2D eigenvalue weighted by atomic mass is 9.99. The molecule has 1 aliphatic heterocycles. The van der Waals surface area contributed by atoms with Crippen molar-refractivity contribution in [1.82, 2.24) is 30.6 Å². The number of tetrazole rings is 1. The van der Waals surface area contributed by atoms with Crippen LogP contribution in [-0.4, -0.2) is 61.2 Å². The minimum absolute atomic E-state index is 0.0154. The molecule has 2 heterocycles. The van der Waals surface area contributed by atoms with E-state index in [-0.39, 0.29) is 18.5 Å². The van der Waals surface area contributed by atoms with E-state index in [1.54, 1.807) is 4.90 Å². The van der Waals surface area contributed by atoms with E-state index in [2.05, 4.69) is 27.5 Å². The topological polar surface area (TPSA) is 115 Å². The number of hydrogen-bond donors (Lipinski definition) is 2. The summed E-state index contributed by atoms with van der Waals surface area (Å²) < 4.78 is 0. The van der Waals surface area contributed by atoms with Crippen molar-refractivity contribution < 1.29 is 14.8 Å². The van der Waals surface area contributed by atoms with Gasteiger partial charge < -0.3 is 4.90 Å². The zero-order chi connectivity index (χ0) is 16.7. The Morgan fingerprint density at radius 2 is 2.39 bits per heavy atom. The molecule has 1 aromatic heterocycles. The standard InChI is InChI=1S/C14H24N6O3/c1-2-3-4-6-11(9-19(23)10-21)14(22)20-8-5-7-12(20)13-15-17-18-16-13/h10-12,23H,2-9H2,1H3,(H,15,16,17,18)/t11-,12+/m1/s1. The lowest BCUT2D eigenvalue weighted by molar-refractivity contribution is -0.157. The summed E-state index contributed by atoms with van der Waals surface area (Å²) in [5.41, 5.74) is 0. The highest BCUT2D eigenvalue weighted by atomic mass is 16.5. The summed E-state index contributed by atoms with van der Waals surface area (Å²) in [5.74, 6) is 0.0398. The normalized spacial score (nSPS) is 18.9. The van der Waals surface area contributed by atoms with Crippen LogP contribution in [0.3, 0.4) is 0 Å². The Bertz CT molecular complexity index is 495. The van der Waals surface area contributed by atoms with Crippen molar-refractivity contribution in [3.05, 3.63) is 5.82 Å².